The Morgan fingerprint density at radius 1 is 1.12 bits per heavy atom. The highest BCUT2D eigenvalue weighted by Crippen LogP contribution is 2.23. The third kappa shape index (κ3) is 3.32. The molecule has 0 saturated heterocycles. The summed E-state index contributed by atoms with van der Waals surface area (Å²) in [5.41, 5.74) is 1.09. The molecule has 0 bridgehead atoms. The predicted octanol–water partition coefficient (Wildman–Crippen LogP) is 2.57. The maximum Gasteiger partial charge on any atom is 0.251 e. The first kappa shape index (κ1) is 16.2. The van der Waals surface area contributed by atoms with E-state index in [1.54, 1.807) is 0 Å². The predicted molar refractivity (Wildman–Crippen MR) is 89.9 cm³/mol. The standard InChI is InChI=1S/C17H16N2O4S/c1-11(16-10-13-4-2-3-5-15(13)23-16)19-17(20)12-6-8-14(9-7-12)24(18,21)22/h2-11H,1H3,(H,19,20)(H2,18,21,22). The van der Waals surface area contributed by atoms with Crippen molar-refractivity contribution in [2.24, 2.45) is 5.14 Å². The van der Waals surface area contributed by atoms with E-state index >= 15 is 0 Å². The van der Waals surface area contributed by atoms with Crippen LogP contribution in [0.25, 0.3) is 11.0 Å². The molecule has 124 valence electrons. The van der Waals surface area contributed by atoms with Crippen LogP contribution in [0, 0.1) is 0 Å². The molecule has 3 aromatic rings. The maximum absolute atomic E-state index is 12.3. The normalized spacial score (nSPS) is 12.9. The molecule has 1 heterocycles. The molecule has 0 fully saturated rings. The SMILES string of the molecule is CC(NC(=O)c1ccc(S(N)(=O)=O)cc1)c1cc2ccccc2o1. The fraction of sp³-hybridized carbons (Fsp3) is 0.118. The zero-order valence-corrected chi connectivity index (χ0v) is 13.7. The van der Waals surface area contributed by atoms with Gasteiger partial charge in [0.15, 0.2) is 0 Å². The lowest BCUT2D eigenvalue weighted by atomic mass is 10.1. The zero-order valence-electron chi connectivity index (χ0n) is 12.9. The first-order chi connectivity index (χ1) is 11.3. The Balaban J connectivity index is 1.76. The van der Waals surface area contributed by atoms with Gasteiger partial charge in [-0.15, -0.1) is 0 Å². The molecule has 1 aromatic heterocycles. The Kier molecular flexibility index (Phi) is 4.13. The molecule has 3 N–H and O–H groups in total. The maximum atomic E-state index is 12.3. The topological polar surface area (TPSA) is 102 Å². The summed E-state index contributed by atoms with van der Waals surface area (Å²) in [7, 11) is -3.77. The number of hydrogen-bond donors (Lipinski definition) is 2. The number of nitrogens with one attached hydrogen (secondary N) is 1. The van der Waals surface area contributed by atoms with Gasteiger partial charge in [0, 0.05) is 10.9 Å². The molecule has 24 heavy (non-hydrogen) atoms. The van der Waals surface area contributed by atoms with Gasteiger partial charge in [-0.25, -0.2) is 13.6 Å². The van der Waals surface area contributed by atoms with Crippen LogP contribution in [0.3, 0.4) is 0 Å². The van der Waals surface area contributed by atoms with Gasteiger partial charge in [-0.05, 0) is 43.3 Å². The van der Waals surface area contributed by atoms with Crippen molar-refractivity contribution >= 4 is 26.9 Å². The van der Waals surface area contributed by atoms with Gasteiger partial charge < -0.3 is 9.73 Å². The highest BCUT2D eigenvalue weighted by atomic mass is 32.2. The third-order valence-electron chi connectivity index (χ3n) is 3.66. The Morgan fingerprint density at radius 3 is 2.42 bits per heavy atom. The van der Waals surface area contributed by atoms with Gasteiger partial charge >= 0.3 is 0 Å². The van der Waals surface area contributed by atoms with Gasteiger partial charge in [-0.3, -0.25) is 4.79 Å². The molecular formula is C17H16N2O4S. The van der Waals surface area contributed by atoms with Crippen LogP contribution in [-0.4, -0.2) is 14.3 Å². The Hall–Kier alpha value is -2.64. The van der Waals surface area contributed by atoms with Crippen LogP contribution in [0.1, 0.15) is 29.1 Å². The van der Waals surface area contributed by atoms with Crippen molar-refractivity contribution in [2.75, 3.05) is 0 Å². The smallest absolute Gasteiger partial charge is 0.251 e. The molecular weight excluding hydrogens is 328 g/mol. The molecule has 3 rings (SSSR count). The van der Waals surface area contributed by atoms with Crippen LogP contribution in [0.15, 0.2) is 63.9 Å². The van der Waals surface area contributed by atoms with Crippen LogP contribution in [-0.2, 0) is 10.0 Å². The van der Waals surface area contributed by atoms with Gasteiger partial charge in [0.05, 0.1) is 10.9 Å². The highest BCUT2D eigenvalue weighted by molar-refractivity contribution is 7.89. The molecule has 0 aliphatic rings. The summed E-state index contributed by atoms with van der Waals surface area (Å²) in [5.74, 6) is 0.314. The molecule has 6 nitrogen and oxygen atoms in total. The van der Waals surface area contributed by atoms with Crippen molar-refractivity contribution in [2.45, 2.75) is 17.9 Å². The number of rotatable bonds is 4. The minimum absolute atomic E-state index is 0.0376. The van der Waals surface area contributed by atoms with Crippen molar-refractivity contribution in [3.05, 3.63) is 65.9 Å². The summed E-state index contributed by atoms with van der Waals surface area (Å²) >= 11 is 0. The van der Waals surface area contributed by atoms with E-state index in [4.69, 9.17) is 9.56 Å². The quantitative estimate of drug-likeness (QED) is 0.759. The number of carbonyl (C=O) groups excluding carboxylic acids is 1. The molecule has 1 atom stereocenters. The average Bonchev–Trinajstić information content (AvgIpc) is 2.98. The monoisotopic (exact) mass is 344 g/mol. The first-order valence-corrected chi connectivity index (χ1v) is 8.81. The highest BCUT2D eigenvalue weighted by Gasteiger charge is 2.16. The van der Waals surface area contributed by atoms with Crippen LogP contribution in [0.2, 0.25) is 0 Å². The van der Waals surface area contributed by atoms with E-state index < -0.39 is 10.0 Å². The Bertz CT molecular complexity index is 958. The van der Waals surface area contributed by atoms with Crippen LogP contribution in [0.5, 0.6) is 0 Å². The van der Waals surface area contributed by atoms with Crippen LogP contribution < -0.4 is 10.5 Å². The Morgan fingerprint density at radius 2 is 1.79 bits per heavy atom. The van der Waals surface area contributed by atoms with E-state index in [0.717, 1.165) is 11.0 Å². The number of sulfonamides is 1. The lowest BCUT2D eigenvalue weighted by Crippen LogP contribution is -2.26. The van der Waals surface area contributed by atoms with Crippen molar-refractivity contribution in [3.63, 3.8) is 0 Å². The van der Waals surface area contributed by atoms with E-state index in [1.807, 2.05) is 37.3 Å². The van der Waals surface area contributed by atoms with Gasteiger partial charge in [0.2, 0.25) is 10.0 Å². The van der Waals surface area contributed by atoms with Gasteiger partial charge in [0.25, 0.3) is 5.91 Å². The molecule has 7 heteroatoms. The number of hydrogen-bond acceptors (Lipinski definition) is 4. The van der Waals surface area contributed by atoms with Crippen molar-refractivity contribution in [1.29, 1.82) is 0 Å². The van der Waals surface area contributed by atoms with E-state index in [0.29, 0.717) is 11.3 Å². The van der Waals surface area contributed by atoms with Crippen molar-refractivity contribution in [1.82, 2.24) is 5.32 Å². The van der Waals surface area contributed by atoms with Crippen molar-refractivity contribution in [3.8, 4) is 0 Å². The largest absolute Gasteiger partial charge is 0.459 e. The number of carbonyl (C=O) groups is 1. The molecule has 0 spiro atoms. The molecule has 0 saturated carbocycles. The second kappa shape index (κ2) is 6.10. The summed E-state index contributed by atoms with van der Waals surface area (Å²) < 4.78 is 28.2. The fourth-order valence-corrected chi connectivity index (χ4v) is 2.88. The molecule has 2 aromatic carbocycles. The number of primary sulfonamides is 1. The number of benzene rings is 2. The second-order valence-electron chi connectivity index (χ2n) is 5.45. The van der Waals surface area contributed by atoms with E-state index in [-0.39, 0.29) is 16.8 Å². The van der Waals surface area contributed by atoms with Gasteiger partial charge in [-0.2, -0.15) is 0 Å². The zero-order chi connectivity index (χ0) is 17.3. The van der Waals surface area contributed by atoms with Gasteiger partial charge in [-0.1, -0.05) is 18.2 Å². The summed E-state index contributed by atoms with van der Waals surface area (Å²) in [4.78, 5) is 12.2. The number of fused-ring (bicyclic) bond motifs is 1. The first-order valence-electron chi connectivity index (χ1n) is 7.27. The molecule has 1 amide bonds. The van der Waals surface area contributed by atoms with Crippen LogP contribution in [0.4, 0.5) is 0 Å². The average molecular weight is 344 g/mol. The van der Waals surface area contributed by atoms with Crippen LogP contribution >= 0.6 is 0 Å². The molecule has 1 unspecified atom stereocenters. The number of amides is 1. The number of nitrogens with two attached hydrogens (primary N) is 1. The molecule has 0 aliphatic heterocycles. The fourth-order valence-electron chi connectivity index (χ4n) is 2.36. The Labute approximate surface area is 139 Å². The van der Waals surface area contributed by atoms with E-state index in [1.165, 1.54) is 24.3 Å². The lowest BCUT2D eigenvalue weighted by molar-refractivity contribution is 0.0935. The minimum Gasteiger partial charge on any atom is -0.459 e. The van der Waals surface area contributed by atoms with E-state index in [9.17, 15) is 13.2 Å². The third-order valence-corrected chi connectivity index (χ3v) is 4.59. The molecule has 0 radical (unpaired) electrons. The lowest BCUT2D eigenvalue weighted by Gasteiger charge is -2.11. The summed E-state index contributed by atoms with van der Waals surface area (Å²) in [5, 5.41) is 8.82. The van der Waals surface area contributed by atoms with Gasteiger partial charge in [0.1, 0.15) is 11.3 Å². The summed E-state index contributed by atoms with van der Waals surface area (Å²) in [6.07, 6.45) is 0. The number of para-hydroxylation sites is 1. The van der Waals surface area contributed by atoms with E-state index in [2.05, 4.69) is 5.32 Å². The second-order valence-corrected chi connectivity index (χ2v) is 7.01. The minimum atomic E-state index is -3.77. The number of furan rings is 1. The summed E-state index contributed by atoms with van der Waals surface area (Å²) in [6.45, 7) is 1.81. The molecule has 0 aliphatic carbocycles. The van der Waals surface area contributed by atoms with Crippen molar-refractivity contribution < 1.29 is 17.6 Å². The summed E-state index contributed by atoms with van der Waals surface area (Å²) in [6, 6.07) is 14.6.